The summed E-state index contributed by atoms with van der Waals surface area (Å²) in [6.45, 7) is 8.13. The van der Waals surface area contributed by atoms with Gasteiger partial charge in [-0.1, -0.05) is 50.8 Å². The van der Waals surface area contributed by atoms with Crippen molar-refractivity contribution < 1.29 is 0 Å². The van der Waals surface area contributed by atoms with Gasteiger partial charge in [-0.2, -0.15) is 0 Å². The third-order valence-corrected chi connectivity index (χ3v) is 2.33. The Bertz CT molecular complexity index is 348. The fraction of sp³-hybridized carbons (Fsp3) is 0.308. The molecule has 1 aromatic rings. The van der Waals surface area contributed by atoms with Crippen molar-refractivity contribution in [3.05, 3.63) is 42.0 Å². The van der Waals surface area contributed by atoms with Crippen LogP contribution in [0.15, 0.2) is 35.8 Å². The molecule has 0 aromatic heterocycles. The quantitative estimate of drug-likeness (QED) is 0.644. The van der Waals surface area contributed by atoms with Crippen LogP contribution < -0.4 is 0 Å². The molecule has 1 heteroatoms. The van der Waals surface area contributed by atoms with Crippen molar-refractivity contribution >= 4 is 12.3 Å². The Hall–Kier alpha value is -1.37. The minimum Gasteiger partial charge on any atom is -0.300 e. The number of hydrogen-bond acceptors (Lipinski definition) is 1. The number of aliphatic imine (C=N–C) groups is 1. The first-order valence-corrected chi connectivity index (χ1v) is 4.77. The molecule has 0 aliphatic heterocycles. The van der Waals surface area contributed by atoms with Gasteiger partial charge >= 0.3 is 0 Å². The molecule has 0 saturated carbocycles. The second kappa shape index (κ2) is 4.23. The number of benzene rings is 1. The lowest BCUT2D eigenvalue weighted by Crippen LogP contribution is -2.20. The van der Waals surface area contributed by atoms with E-state index in [2.05, 4.69) is 37.6 Å². The number of nitrogens with zero attached hydrogens (tertiary/aromatic N) is 1. The van der Waals surface area contributed by atoms with Gasteiger partial charge in [-0.15, -0.1) is 0 Å². The van der Waals surface area contributed by atoms with Crippen molar-refractivity contribution in [2.24, 2.45) is 4.99 Å². The molecular weight excluding hydrogens is 170 g/mol. The first kappa shape index (κ1) is 10.7. The lowest BCUT2D eigenvalue weighted by atomic mass is 9.83. The van der Waals surface area contributed by atoms with Gasteiger partial charge in [0.1, 0.15) is 0 Å². The molecule has 1 rings (SSSR count). The zero-order chi connectivity index (χ0) is 10.6. The Morgan fingerprint density at radius 2 is 1.93 bits per heavy atom. The van der Waals surface area contributed by atoms with Gasteiger partial charge in [-0.25, -0.2) is 0 Å². The maximum Gasteiger partial charge on any atom is 0.0273 e. The van der Waals surface area contributed by atoms with Crippen molar-refractivity contribution in [2.75, 3.05) is 7.05 Å². The van der Waals surface area contributed by atoms with E-state index >= 15 is 0 Å². The van der Waals surface area contributed by atoms with Gasteiger partial charge in [-0.3, -0.25) is 4.99 Å². The van der Waals surface area contributed by atoms with E-state index in [1.54, 1.807) is 7.05 Å². The molecule has 0 saturated heterocycles. The topological polar surface area (TPSA) is 12.4 Å². The summed E-state index contributed by atoms with van der Waals surface area (Å²) in [6, 6.07) is 8.28. The highest BCUT2D eigenvalue weighted by molar-refractivity contribution is 5.75. The Morgan fingerprint density at radius 3 is 2.50 bits per heavy atom. The first-order chi connectivity index (χ1) is 6.61. The summed E-state index contributed by atoms with van der Waals surface area (Å²) in [4.78, 5) is 4.10. The van der Waals surface area contributed by atoms with Crippen LogP contribution in [0, 0.1) is 0 Å². The molecule has 0 aliphatic rings. The van der Waals surface area contributed by atoms with E-state index < -0.39 is 0 Å². The number of hydrogen-bond donors (Lipinski definition) is 0. The van der Waals surface area contributed by atoms with Crippen molar-refractivity contribution in [2.45, 2.75) is 19.3 Å². The molecule has 74 valence electrons. The van der Waals surface area contributed by atoms with Crippen LogP contribution in [0.5, 0.6) is 0 Å². The van der Waals surface area contributed by atoms with Gasteiger partial charge in [0, 0.05) is 18.7 Å². The Kier molecular flexibility index (Phi) is 3.23. The average molecular weight is 187 g/mol. The summed E-state index contributed by atoms with van der Waals surface area (Å²) >= 11 is 0. The van der Waals surface area contributed by atoms with E-state index in [1.165, 1.54) is 11.1 Å². The molecule has 0 radical (unpaired) electrons. The predicted octanol–water partition coefficient (Wildman–Crippen LogP) is 3.31. The fourth-order valence-corrected chi connectivity index (χ4v) is 1.65. The summed E-state index contributed by atoms with van der Waals surface area (Å²) in [6.07, 6.45) is 3.86. The standard InChI is InChI=1S/C13H17N/c1-5-11-8-6-7-9-12(11)13(2,3)10-14-4/h5-10H,1H2,2-4H3. The maximum atomic E-state index is 4.10. The minimum absolute atomic E-state index is 0.0282. The summed E-state index contributed by atoms with van der Waals surface area (Å²) < 4.78 is 0. The summed E-state index contributed by atoms with van der Waals surface area (Å²) in [5.41, 5.74) is 2.41. The van der Waals surface area contributed by atoms with Crippen LogP contribution in [-0.4, -0.2) is 13.3 Å². The molecule has 0 fully saturated rings. The smallest absolute Gasteiger partial charge is 0.0273 e. The molecule has 0 spiro atoms. The second-order valence-electron chi connectivity index (χ2n) is 3.90. The Morgan fingerprint density at radius 1 is 1.29 bits per heavy atom. The third kappa shape index (κ3) is 2.11. The summed E-state index contributed by atoms with van der Waals surface area (Å²) in [7, 11) is 1.80. The van der Waals surface area contributed by atoms with E-state index in [-0.39, 0.29) is 5.41 Å². The second-order valence-corrected chi connectivity index (χ2v) is 3.90. The van der Waals surface area contributed by atoms with Crippen LogP contribution in [0.25, 0.3) is 6.08 Å². The average Bonchev–Trinajstić information content (AvgIpc) is 2.18. The minimum atomic E-state index is -0.0282. The predicted molar refractivity (Wildman–Crippen MR) is 64.0 cm³/mol. The fourth-order valence-electron chi connectivity index (χ4n) is 1.65. The van der Waals surface area contributed by atoms with Crippen LogP contribution in [-0.2, 0) is 5.41 Å². The normalized spacial score (nSPS) is 11.9. The molecule has 0 amide bonds. The van der Waals surface area contributed by atoms with Crippen LogP contribution in [0.1, 0.15) is 25.0 Å². The maximum absolute atomic E-state index is 4.10. The zero-order valence-electron chi connectivity index (χ0n) is 9.12. The van der Waals surface area contributed by atoms with E-state index in [0.29, 0.717) is 0 Å². The molecule has 0 heterocycles. The van der Waals surface area contributed by atoms with Crippen LogP contribution >= 0.6 is 0 Å². The highest BCUT2D eigenvalue weighted by Gasteiger charge is 2.19. The van der Waals surface area contributed by atoms with Crippen LogP contribution in [0.4, 0.5) is 0 Å². The van der Waals surface area contributed by atoms with Crippen molar-refractivity contribution in [3.8, 4) is 0 Å². The third-order valence-electron chi connectivity index (χ3n) is 2.33. The molecule has 0 N–H and O–H groups in total. The van der Waals surface area contributed by atoms with Gasteiger partial charge < -0.3 is 0 Å². The van der Waals surface area contributed by atoms with E-state index in [4.69, 9.17) is 0 Å². The molecule has 0 bridgehead atoms. The van der Waals surface area contributed by atoms with Gasteiger partial charge in [0.15, 0.2) is 0 Å². The highest BCUT2D eigenvalue weighted by Crippen LogP contribution is 2.25. The Balaban J connectivity index is 3.23. The zero-order valence-corrected chi connectivity index (χ0v) is 9.12. The van der Waals surface area contributed by atoms with Crippen LogP contribution in [0.3, 0.4) is 0 Å². The van der Waals surface area contributed by atoms with E-state index in [9.17, 15) is 0 Å². The molecule has 1 nitrogen and oxygen atoms in total. The highest BCUT2D eigenvalue weighted by atomic mass is 14.7. The summed E-state index contributed by atoms with van der Waals surface area (Å²) in [5.74, 6) is 0. The molecular formula is C13H17N. The number of rotatable bonds is 3. The monoisotopic (exact) mass is 187 g/mol. The molecule has 1 aromatic carbocycles. The summed E-state index contributed by atoms with van der Waals surface area (Å²) in [5, 5.41) is 0. The van der Waals surface area contributed by atoms with Gasteiger partial charge in [0.25, 0.3) is 0 Å². The van der Waals surface area contributed by atoms with Crippen molar-refractivity contribution in [1.82, 2.24) is 0 Å². The van der Waals surface area contributed by atoms with Crippen molar-refractivity contribution in [1.29, 1.82) is 0 Å². The van der Waals surface area contributed by atoms with Gasteiger partial charge in [-0.05, 0) is 11.1 Å². The lowest BCUT2D eigenvalue weighted by molar-refractivity contribution is 0.732. The molecule has 0 unspecified atom stereocenters. The molecule has 14 heavy (non-hydrogen) atoms. The first-order valence-electron chi connectivity index (χ1n) is 4.77. The largest absolute Gasteiger partial charge is 0.300 e. The van der Waals surface area contributed by atoms with Crippen LogP contribution in [0.2, 0.25) is 0 Å². The van der Waals surface area contributed by atoms with E-state index in [1.807, 2.05) is 24.4 Å². The SMILES string of the molecule is C=Cc1ccccc1C(C)(C)C=NC. The lowest BCUT2D eigenvalue weighted by Gasteiger charge is -2.22. The molecule has 0 atom stereocenters. The van der Waals surface area contributed by atoms with Crippen molar-refractivity contribution in [3.63, 3.8) is 0 Å². The molecule has 0 aliphatic carbocycles. The van der Waals surface area contributed by atoms with E-state index in [0.717, 1.165) is 0 Å². The van der Waals surface area contributed by atoms with Gasteiger partial charge in [0.2, 0.25) is 0 Å². The van der Waals surface area contributed by atoms with Gasteiger partial charge in [0.05, 0.1) is 0 Å². The Labute approximate surface area is 86.2 Å².